The third-order valence-electron chi connectivity index (χ3n) is 6.53. The number of hydrogen-bond donors (Lipinski definition) is 2. The minimum absolute atomic E-state index is 0.259. The lowest BCUT2D eigenvalue weighted by atomic mass is 9.54. The van der Waals surface area contributed by atoms with Gasteiger partial charge in [-0.3, -0.25) is 4.79 Å². The molecule has 21 heavy (non-hydrogen) atoms. The van der Waals surface area contributed by atoms with Crippen LogP contribution in [0.15, 0.2) is 18.2 Å². The molecule has 0 radical (unpaired) electrons. The Labute approximate surface area is 125 Å². The van der Waals surface area contributed by atoms with Gasteiger partial charge in [0.1, 0.15) is 11.5 Å². The van der Waals surface area contributed by atoms with Crippen LogP contribution in [-0.4, -0.2) is 22.1 Å². The number of fused-ring (bicyclic) bond motifs is 5. The zero-order valence-electron chi connectivity index (χ0n) is 12.4. The van der Waals surface area contributed by atoms with Crippen molar-refractivity contribution < 1.29 is 15.0 Å². The van der Waals surface area contributed by atoms with Crippen LogP contribution in [0.5, 0.6) is 5.75 Å². The number of phenolic OH excluding ortho intramolecular Hbond substituents is 1. The second kappa shape index (κ2) is 4.33. The van der Waals surface area contributed by atoms with Crippen molar-refractivity contribution in [2.75, 3.05) is 0 Å². The van der Waals surface area contributed by atoms with E-state index in [2.05, 4.69) is 0 Å². The lowest BCUT2D eigenvalue weighted by molar-refractivity contribution is -0.140. The molecule has 5 unspecified atom stereocenters. The second-order valence-corrected chi connectivity index (χ2v) is 7.29. The van der Waals surface area contributed by atoms with Crippen molar-refractivity contribution in [3.05, 3.63) is 29.3 Å². The van der Waals surface area contributed by atoms with Crippen molar-refractivity contribution >= 4 is 5.78 Å². The highest BCUT2D eigenvalue weighted by Gasteiger charge is 2.59. The molecular weight excluding hydrogens is 264 g/mol. The molecule has 0 aliphatic heterocycles. The van der Waals surface area contributed by atoms with E-state index in [1.165, 1.54) is 11.1 Å². The maximum absolute atomic E-state index is 12.3. The summed E-state index contributed by atoms with van der Waals surface area (Å²) >= 11 is 0. The van der Waals surface area contributed by atoms with Gasteiger partial charge in [0.05, 0.1) is 11.5 Å². The number of phenols is 1. The molecule has 4 rings (SSSR count). The van der Waals surface area contributed by atoms with Gasteiger partial charge in [0.2, 0.25) is 0 Å². The summed E-state index contributed by atoms with van der Waals surface area (Å²) in [4.78, 5) is 12.3. The lowest BCUT2D eigenvalue weighted by Crippen LogP contribution is -2.51. The van der Waals surface area contributed by atoms with Gasteiger partial charge in [0.25, 0.3) is 0 Å². The molecule has 1 aromatic carbocycles. The van der Waals surface area contributed by atoms with Crippen LogP contribution in [-0.2, 0) is 11.2 Å². The van der Waals surface area contributed by atoms with Crippen molar-refractivity contribution in [3.63, 3.8) is 0 Å². The zero-order chi connectivity index (χ0) is 14.8. The number of aryl methyl sites for hydroxylation is 1. The van der Waals surface area contributed by atoms with Crippen LogP contribution >= 0.6 is 0 Å². The Bertz CT molecular complexity index is 608. The van der Waals surface area contributed by atoms with E-state index in [4.69, 9.17) is 0 Å². The summed E-state index contributed by atoms with van der Waals surface area (Å²) in [5.41, 5.74) is 1.98. The third kappa shape index (κ3) is 1.67. The molecule has 0 spiro atoms. The van der Waals surface area contributed by atoms with Crippen LogP contribution in [0.2, 0.25) is 0 Å². The number of hydrogen-bond acceptors (Lipinski definition) is 3. The van der Waals surface area contributed by atoms with Crippen LogP contribution in [0.3, 0.4) is 0 Å². The summed E-state index contributed by atoms with van der Waals surface area (Å²) in [5.74, 6) is 1.75. The van der Waals surface area contributed by atoms with Crippen molar-refractivity contribution in [1.29, 1.82) is 0 Å². The molecule has 0 bridgehead atoms. The first-order valence-corrected chi connectivity index (χ1v) is 8.05. The number of rotatable bonds is 0. The Morgan fingerprint density at radius 2 is 2.05 bits per heavy atom. The Morgan fingerprint density at radius 1 is 1.24 bits per heavy atom. The quantitative estimate of drug-likeness (QED) is 0.771. The average Bonchev–Trinajstić information content (AvgIpc) is 2.77. The van der Waals surface area contributed by atoms with E-state index in [-0.39, 0.29) is 5.78 Å². The van der Waals surface area contributed by atoms with Gasteiger partial charge < -0.3 is 10.2 Å². The first kappa shape index (κ1) is 13.3. The molecule has 0 saturated heterocycles. The molecule has 3 nitrogen and oxygen atoms in total. The number of aliphatic hydroxyl groups is 1. The number of aliphatic hydroxyl groups excluding tert-OH is 1. The summed E-state index contributed by atoms with van der Waals surface area (Å²) in [6.07, 6.45) is 3.76. The summed E-state index contributed by atoms with van der Waals surface area (Å²) < 4.78 is 0. The Balaban J connectivity index is 1.77. The predicted molar refractivity (Wildman–Crippen MR) is 79.1 cm³/mol. The fraction of sp³-hybridized carbons (Fsp3) is 0.611. The van der Waals surface area contributed by atoms with Gasteiger partial charge in [-0.2, -0.15) is 0 Å². The van der Waals surface area contributed by atoms with Gasteiger partial charge in [-0.25, -0.2) is 0 Å². The van der Waals surface area contributed by atoms with Crippen LogP contribution in [0.4, 0.5) is 0 Å². The topological polar surface area (TPSA) is 57.5 Å². The molecule has 5 atom stereocenters. The van der Waals surface area contributed by atoms with Crippen molar-refractivity contribution in [3.8, 4) is 5.75 Å². The molecule has 3 aliphatic carbocycles. The number of carbonyl (C=O) groups is 1. The fourth-order valence-electron chi connectivity index (χ4n) is 5.35. The summed E-state index contributed by atoms with van der Waals surface area (Å²) in [7, 11) is 0. The molecule has 1 aromatic rings. The molecule has 2 fully saturated rings. The number of aromatic hydroxyl groups is 1. The standard InChI is InChI=1S/C18H22O3/c1-18-15(6-7-16(18)20)13-4-2-10-8-11(19)3-5-12(10)14(13)9-17(18)21/h3,5,8,13-15,17,19,21H,2,4,6-7,9H2,1H3. The molecule has 2 saturated carbocycles. The molecule has 3 aliphatic rings. The van der Waals surface area contributed by atoms with Gasteiger partial charge in [0.15, 0.2) is 0 Å². The first-order chi connectivity index (χ1) is 10.0. The minimum Gasteiger partial charge on any atom is -0.508 e. The van der Waals surface area contributed by atoms with E-state index < -0.39 is 11.5 Å². The third-order valence-corrected chi connectivity index (χ3v) is 6.53. The van der Waals surface area contributed by atoms with Crippen LogP contribution in [0, 0.1) is 17.3 Å². The highest BCUT2D eigenvalue weighted by atomic mass is 16.3. The summed E-state index contributed by atoms with van der Waals surface area (Å²) in [6.45, 7) is 1.99. The molecule has 2 N–H and O–H groups in total. The van der Waals surface area contributed by atoms with E-state index in [1.54, 1.807) is 6.07 Å². The normalized spacial score (nSPS) is 41.3. The average molecular weight is 286 g/mol. The lowest BCUT2D eigenvalue weighted by Gasteiger charge is -2.50. The van der Waals surface area contributed by atoms with Crippen LogP contribution in [0.1, 0.15) is 49.7 Å². The first-order valence-electron chi connectivity index (χ1n) is 8.05. The summed E-state index contributed by atoms with van der Waals surface area (Å²) in [5, 5.41) is 20.3. The second-order valence-electron chi connectivity index (χ2n) is 7.29. The fourth-order valence-corrected chi connectivity index (χ4v) is 5.35. The van der Waals surface area contributed by atoms with Gasteiger partial charge in [0, 0.05) is 6.42 Å². The number of Topliss-reactive ketones (excluding diaryl/α,β-unsaturated/α-hetero) is 1. The van der Waals surface area contributed by atoms with Crippen LogP contribution in [0.25, 0.3) is 0 Å². The number of ketones is 1. The molecule has 3 heteroatoms. The van der Waals surface area contributed by atoms with Gasteiger partial charge in [-0.15, -0.1) is 0 Å². The van der Waals surface area contributed by atoms with E-state index >= 15 is 0 Å². The maximum atomic E-state index is 12.3. The Hall–Kier alpha value is -1.35. The molecule has 0 aromatic heterocycles. The van der Waals surface area contributed by atoms with Crippen molar-refractivity contribution in [1.82, 2.24) is 0 Å². The van der Waals surface area contributed by atoms with Crippen LogP contribution < -0.4 is 0 Å². The Kier molecular flexibility index (Phi) is 2.74. The van der Waals surface area contributed by atoms with E-state index in [0.29, 0.717) is 36.3 Å². The van der Waals surface area contributed by atoms with Crippen molar-refractivity contribution in [2.24, 2.45) is 17.3 Å². The number of carbonyl (C=O) groups excluding carboxylic acids is 1. The molecular formula is C18H22O3. The summed E-state index contributed by atoms with van der Waals surface area (Å²) in [6, 6.07) is 5.64. The monoisotopic (exact) mass is 286 g/mol. The molecule has 0 heterocycles. The van der Waals surface area contributed by atoms with E-state index in [1.807, 2.05) is 19.1 Å². The molecule has 112 valence electrons. The van der Waals surface area contributed by atoms with E-state index in [9.17, 15) is 15.0 Å². The SMILES string of the molecule is CC12C(=O)CCC1C1CCc3cc(O)ccc3C1CC2O. The predicted octanol–water partition coefficient (Wildman–Crippen LogP) is 2.79. The minimum atomic E-state index is -0.529. The number of benzene rings is 1. The van der Waals surface area contributed by atoms with Gasteiger partial charge in [-0.05, 0) is 73.6 Å². The van der Waals surface area contributed by atoms with Crippen molar-refractivity contribution in [2.45, 2.75) is 51.0 Å². The highest BCUT2D eigenvalue weighted by Crippen LogP contribution is 2.59. The smallest absolute Gasteiger partial charge is 0.141 e. The largest absolute Gasteiger partial charge is 0.508 e. The van der Waals surface area contributed by atoms with Gasteiger partial charge >= 0.3 is 0 Å². The molecule has 0 amide bonds. The highest BCUT2D eigenvalue weighted by molar-refractivity contribution is 5.88. The Morgan fingerprint density at radius 3 is 2.86 bits per heavy atom. The van der Waals surface area contributed by atoms with Gasteiger partial charge in [-0.1, -0.05) is 6.07 Å². The maximum Gasteiger partial charge on any atom is 0.141 e. The van der Waals surface area contributed by atoms with E-state index in [0.717, 1.165) is 19.3 Å². The zero-order valence-corrected chi connectivity index (χ0v) is 12.4.